The Balaban J connectivity index is 1.47. The number of rotatable bonds is 3. The van der Waals surface area contributed by atoms with E-state index in [1.807, 2.05) is 19.4 Å². The van der Waals surface area contributed by atoms with Crippen LogP contribution in [0.5, 0.6) is 0 Å². The highest BCUT2D eigenvalue weighted by atomic mass is 16.2. The van der Waals surface area contributed by atoms with E-state index in [0.717, 1.165) is 25.2 Å². The summed E-state index contributed by atoms with van der Waals surface area (Å²) < 4.78 is 3.81. The number of aryl methyl sites for hydroxylation is 2. The van der Waals surface area contributed by atoms with E-state index in [-0.39, 0.29) is 6.03 Å². The van der Waals surface area contributed by atoms with Gasteiger partial charge in [0, 0.05) is 45.1 Å². The highest BCUT2D eigenvalue weighted by molar-refractivity contribution is 5.88. The smallest absolute Gasteiger partial charge is 0.319 e. The van der Waals surface area contributed by atoms with Crippen molar-refractivity contribution in [1.82, 2.24) is 24.6 Å². The minimum atomic E-state index is -0.186. The molecular formula is C13H18N6O. The molecule has 1 aliphatic heterocycles. The average molecular weight is 274 g/mol. The fourth-order valence-electron chi connectivity index (χ4n) is 2.50. The molecular weight excluding hydrogens is 256 g/mol. The lowest BCUT2D eigenvalue weighted by Crippen LogP contribution is -2.36. The molecule has 106 valence electrons. The van der Waals surface area contributed by atoms with Gasteiger partial charge in [0.15, 0.2) is 0 Å². The molecule has 3 rings (SSSR count). The van der Waals surface area contributed by atoms with Gasteiger partial charge >= 0.3 is 6.03 Å². The summed E-state index contributed by atoms with van der Waals surface area (Å²) in [5.41, 5.74) is 0.700. The Morgan fingerprint density at radius 2 is 2.45 bits per heavy atom. The van der Waals surface area contributed by atoms with Crippen LogP contribution in [0, 0.1) is 5.92 Å². The number of hydrogen-bond acceptors (Lipinski definition) is 3. The van der Waals surface area contributed by atoms with E-state index in [1.54, 1.807) is 17.1 Å². The molecule has 2 aromatic rings. The molecule has 2 amide bonds. The van der Waals surface area contributed by atoms with Gasteiger partial charge in [0.2, 0.25) is 0 Å². The van der Waals surface area contributed by atoms with Crippen LogP contribution in [-0.2, 0) is 20.0 Å². The number of amides is 2. The Kier molecular flexibility index (Phi) is 3.41. The molecule has 1 atom stereocenters. The summed E-state index contributed by atoms with van der Waals surface area (Å²) in [5, 5.41) is 9.68. The maximum Gasteiger partial charge on any atom is 0.319 e. The maximum absolute atomic E-state index is 11.8. The molecule has 0 spiro atoms. The molecule has 3 heterocycles. The Morgan fingerprint density at radius 1 is 1.55 bits per heavy atom. The van der Waals surface area contributed by atoms with E-state index in [9.17, 15) is 4.79 Å². The monoisotopic (exact) mass is 274 g/mol. The first-order valence-electron chi connectivity index (χ1n) is 6.74. The van der Waals surface area contributed by atoms with Crippen molar-refractivity contribution in [3.63, 3.8) is 0 Å². The Morgan fingerprint density at radius 3 is 3.25 bits per heavy atom. The van der Waals surface area contributed by atoms with Crippen molar-refractivity contribution >= 4 is 11.7 Å². The highest BCUT2D eigenvalue weighted by Gasteiger charge is 2.19. The lowest BCUT2D eigenvalue weighted by molar-refractivity contribution is 0.247. The third-order valence-corrected chi connectivity index (χ3v) is 3.55. The van der Waals surface area contributed by atoms with Crippen LogP contribution in [0.2, 0.25) is 0 Å². The predicted octanol–water partition coefficient (Wildman–Crippen LogP) is 1.00. The SMILES string of the molecule is Cn1cc(NC(=O)NCC2CCc3nccn3C2)cn1. The van der Waals surface area contributed by atoms with Gasteiger partial charge in [0.25, 0.3) is 0 Å². The summed E-state index contributed by atoms with van der Waals surface area (Å²) in [4.78, 5) is 16.1. The molecule has 7 nitrogen and oxygen atoms in total. The fourth-order valence-corrected chi connectivity index (χ4v) is 2.50. The average Bonchev–Trinajstić information content (AvgIpc) is 3.04. The second-order valence-electron chi connectivity index (χ2n) is 5.14. The second kappa shape index (κ2) is 5.36. The molecule has 0 radical (unpaired) electrons. The summed E-state index contributed by atoms with van der Waals surface area (Å²) in [6.45, 7) is 1.59. The van der Waals surface area contributed by atoms with Crippen molar-refractivity contribution in [2.24, 2.45) is 13.0 Å². The van der Waals surface area contributed by atoms with E-state index in [1.165, 1.54) is 0 Å². The molecule has 1 aliphatic rings. The van der Waals surface area contributed by atoms with Crippen LogP contribution in [0.1, 0.15) is 12.2 Å². The first-order valence-corrected chi connectivity index (χ1v) is 6.74. The van der Waals surface area contributed by atoms with E-state index in [4.69, 9.17) is 0 Å². The van der Waals surface area contributed by atoms with Crippen molar-refractivity contribution in [3.8, 4) is 0 Å². The van der Waals surface area contributed by atoms with Gasteiger partial charge in [-0.25, -0.2) is 9.78 Å². The van der Waals surface area contributed by atoms with Gasteiger partial charge in [0.1, 0.15) is 5.82 Å². The van der Waals surface area contributed by atoms with E-state index >= 15 is 0 Å². The van der Waals surface area contributed by atoms with Crippen LogP contribution in [0.25, 0.3) is 0 Å². The first kappa shape index (κ1) is 12.7. The molecule has 0 bridgehead atoms. The molecule has 20 heavy (non-hydrogen) atoms. The normalized spacial score (nSPS) is 17.6. The Hall–Kier alpha value is -2.31. The van der Waals surface area contributed by atoms with Gasteiger partial charge in [-0.1, -0.05) is 0 Å². The zero-order chi connectivity index (χ0) is 13.9. The van der Waals surface area contributed by atoms with Gasteiger partial charge in [-0.2, -0.15) is 5.10 Å². The molecule has 2 aromatic heterocycles. The van der Waals surface area contributed by atoms with Crippen LogP contribution >= 0.6 is 0 Å². The quantitative estimate of drug-likeness (QED) is 0.876. The van der Waals surface area contributed by atoms with Crippen LogP contribution in [0.15, 0.2) is 24.8 Å². The second-order valence-corrected chi connectivity index (χ2v) is 5.14. The molecule has 0 fully saturated rings. The first-order chi connectivity index (χ1) is 9.70. The number of imidazole rings is 1. The van der Waals surface area contributed by atoms with Crippen LogP contribution in [0.3, 0.4) is 0 Å². The van der Waals surface area contributed by atoms with Gasteiger partial charge < -0.3 is 15.2 Å². The highest BCUT2D eigenvalue weighted by Crippen LogP contribution is 2.17. The minimum absolute atomic E-state index is 0.186. The zero-order valence-corrected chi connectivity index (χ0v) is 11.4. The number of anilines is 1. The van der Waals surface area contributed by atoms with Gasteiger partial charge in [-0.05, 0) is 12.3 Å². The lowest BCUT2D eigenvalue weighted by Gasteiger charge is -2.23. The van der Waals surface area contributed by atoms with Crippen molar-refractivity contribution in [2.45, 2.75) is 19.4 Å². The van der Waals surface area contributed by atoms with E-state index in [2.05, 4.69) is 25.3 Å². The van der Waals surface area contributed by atoms with Crippen molar-refractivity contribution in [3.05, 3.63) is 30.6 Å². The minimum Gasteiger partial charge on any atom is -0.338 e. The number of hydrogen-bond donors (Lipinski definition) is 2. The standard InChI is InChI=1S/C13H18N6O/c1-18-9-11(7-16-18)17-13(20)15-6-10-2-3-12-14-4-5-19(12)8-10/h4-5,7,9-10H,2-3,6,8H2,1H3,(H2,15,17,20). The zero-order valence-electron chi connectivity index (χ0n) is 11.4. The predicted molar refractivity (Wildman–Crippen MR) is 74.3 cm³/mol. The number of carbonyl (C=O) groups is 1. The molecule has 0 aliphatic carbocycles. The number of carbonyl (C=O) groups excluding carboxylic acids is 1. The molecule has 2 N–H and O–H groups in total. The third kappa shape index (κ3) is 2.81. The molecule has 0 aromatic carbocycles. The Bertz CT molecular complexity index is 602. The summed E-state index contributed by atoms with van der Waals surface area (Å²) in [7, 11) is 1.81. The van der Waals surface area contributed by atoms with Gasteiger partial charge in [-0.3, -0.25) is 4.68 Å². The number of fused-ring (bicyclic) bond motifs is 1. The molecule has 7 heteroatoms. The van der Waals surface area contributed by atoms with Gasteiger partial charge in [0.05, 0.1) is 11.9 Å². The number of nitrogens with zero attached hydrogens (tertiary/aromatic N) is 4. The van der Waals surface area contributed by atoms with Gasteiger partial charge in [-0.15, -0.1) is 0 Å². The van der Waals surface area contributed by atoms with Crippen molar-refractivity contribution in [2.75, 3.05) is 11.9 Å². The largest absolute Gasteiger partial charge is 0.338 e. The number of aromatic nitrogens is 4. The topological polar surface area (TPSA) is 76.8 Å². The summed E-state index contributed by atoms with van der Waals surface area (Å²) in [6.07, 6.45) is 9.25. The Labute approximate surface area is 117 Å². The summed E-state index contributed by atoms with van der Waals surface area (Å²) in [5.74, 6) is 1.59. The van der Waals surface area contributed by atoms with Crippen LogP contribution in [0.4, 0.5) is 10.5 Å². The third-order valence-electron chi connectivity index (χ3n) is 3.55. The van der Waals surface area contributed by atoms with Crippen LogP contribution < -0.4 is 10.6 Å². The molecule has 0 saturated heterocycles. The van der Waals surface area contributed by atoms with E-state index in [0.29, 0.717) is 18.2 Å². The van der Waals surface area contributed by atoms with Crippen LogP contribution in [-0.4, -0.2) is 31.9 Å². The summed E-state index contributed by atoms with van der Waals surface area (Å²) >= 11 is 0. The van der Waals surface area contributed by atoms with E-state index < -0.39 is 0 Å². The summed E-state index contributed by atoms with van der Waals surface area (Å²) in [6, 6.07) is -0.186. The maximum atomic E-state index is 11.8. The number of urea groups is 1. The molecule has 0 saturated carbocycles. The lowest BCUT2D eigenvalue weighted by atomic mass is 9.99. The number of nitrogens with one attached hydrogen (secondary N) is 2. The molecule has 1 unspecified atom stereocenters. The van der Waals surface area contributed by atoms with Crippen molar-refractivity contribution in [1.29, 1.82) is 0 Å². The fraction of sp³-hybridized carbons (Fsp3) is 0.462. The van der Waals surface area contributed by atoms with Crippen molar-refractivity contribution < 1.29 is 4.79 Å².